The summed E-state index contributed by atoms with van der Waals surface area (Å²) in [4.78, 5) is 16.6. The normalized spacial score (nSPS) is 27.8. The number of rotatable bonds is 3. The van der Waals surface area contributed by atoms with Gasteiger partial charge in [0, 0.05) is 24.5 Å². The average molecular weight is 261 g/mol. The Hall–Kier alpha value is -1.32. The third-order valence-electron chi connectivity index (χ3n) is 4.41. The molecular weight excluding hydrogens is 238 g/mol. The van der Waals surface area contributed by atoms with E-state index in [-0.39, 0.29) is 5.56 Å². The molecule has 1 aromatic rings. The minimum absolute atomic E-state index is 0.0577. The molecule has 2 fully saturated rings. The molecule has 2 unspecified atom stereocenters. The molecule has 4 nitrogen and oxygen atoms in total. The molecule has 0 amide bonds. The Morgan fingerprint density at radius 3 is 2.84 bits per heavy atom. The summed E-state index contributed by atoms with van der Waals surface area (Å²) in [6.45, 7) is 2.32. The Morgan fingerprint density at radius 2 is 2.05 bits per heavy atom. The van der Waals surface area contributed by atoms with Crippen LogP contribution in [0.1, 0.15) is 57.9 Å². The topological polar surface area (TPSA) is 46.9 Å². The predicted molar refractivity (Wildman–Crippen MR) is 76.4 cm³/mol. The van der Waals surface area contributed by atoms with Crippen LogP contribution < -0.4 is 10.9 Å². The first kappa shape index (κ1) is 12.7. The van der Waals surface area contributed by atoms with Crippen molar-refractivity contribution in [2.45, 2.75) is 64.0 Å². The summed E-state index contributed by atoms with van der Waals surface area (Å²) in [5.41, 5.74) is 0.0577. The molecule has 2 aliphatic carbocycles. The van der Waals surface area contributed by atoms with Gasteiger partial charge in [-0.2, -0.15) is 0 Å². The number of anilines is 1. The Balaban J connectivity index is 1.72. The second kappa shape index (κ2) is 5.35. The van der Waals surface area contributed by atoms with Gasteiger partial charge in [-0.1, -0.05) is 19.8 Å². The highest BCUT2D eigenvalue weighted by molar-refractivity contribution is 5.32. The lowest BCUT2D eigenvalue weighted by molar-refractivity contribution is 0.501. The zero-order valence-electron chi connectivity index (χ0n) is 11.6. The number of nitrogens with zero attached hydrogens (tertiary/aromatic N) is 2. The Kier molecular flexibility index (Phi) is 3.58. The highest BCUT2D eigenvalue weighted by atomic mass is 16.1. The third kappa shape index (κ3) is 2.99. The van der Waals surface area contributed by atoms with Crippen LogP contribution in [0.3, 0.4) is 0 Å². The highest BCUT2D eigenvalue weighted by Gasteiger charge is 2.26. The maximum absolute atomic E-state index is 12.3. The van der Waals surface area contributed by atoms with E-state index in [1.165, 1.54) is 19.3 Å². The Bertz CT molecular complexity index is 492. The van der Waals surface area contributed by atoms with Gasteiger partial charge >= 0.3 is 0 Å². The second-order valence-corrected chi connectivity index (χ2v) is 6.17. The lowest BCUT2D eigenvalue weighted by atomic mass is 10.0. The fourth-order valence-electron chi connectivity index (χ4n) is 2.99. The number of hydrogen-bond donors (Lipinski definition) is 1. The first-order chi connectivity index (χ1) is 9.24. The fourth-order valence-corrected chi connectivity index (χ4v) is 2.99. The Labute approximate surface area is 114 Å². The summed E-state index contributed by atoms with van der Waals surface area (Å²) in [5, 5.41) is 3.39. The molecule has 0 spiro atoms. The van der Waals surface area contributed by atoms with Gasteiger partial charge in [0.1, 0.15) is 0 Å². The van der Waals surface area contributed by atoms with Gasteiger partial charge in [0.25, 0.3) is 5.56 Å². The molecule has 0 aromatic carbocycles. The predicted octanol–water partition coefficient (Wildman–Crippen LogP) is 2.96. The average Bonchev–Trinajstić information content (AvgIpc) is 3.22. The van der Waals surface area contributed by atoms with E-state index in [1.54, 1.807) is 6.20 Å². The highest BCUT2D eigenvalue weighted by Crippen LogP contribution is 2.33. The van der Waals surface area contributed by atoms with E-state index in [9.17, 15) is 4.79 Å². The lowest BCUT2D eigenvalue weighted by Gasteiger charge is -2.17. The molecule has 2 aliphatic rings. The molecule has 4 heteroatoms. The molecule has 104 valence electrons. The van der Waals surface area contributed by atoms with Gasteiger partial charge in [0.15, 0.2) is 5.82 Å². The molecule has 1 heterocycles. The van der Waals surface area contributed by atoms with E-state index < -0.39 is 0 Å². The molecule has 1 N–H and O–H groups in total. The van der Waals surface area contributed by atoms with Gasteiger partial charge in [0.05, 0.1) is 0 Å². The van der Waals surface area contributed by atoms with E-state index in [2.05, 4.69) is 17.2 Å². The molecule has 0 saturated heterocycles. The maximum atomic E-state index is 12.3. The van der Waals surface area contributed by atoms with Crippen LogP contribution in [0.2, 0.25) is 0 Å². The SMILES string of the molecule is CC1CCCC(Nc2nccn(C3CC3)c2=O)CC1. The van der Waals surface area contributed by atoms with Crippen LogP contribution in [0.5, 0.6) is 0 Å². The zero-order chi connectivity index (χ0) is 13.2. The summed E-state index contributed by atoms with van der Waals surface area (Å²) < 4.78 is 1.84. The first-order valence-electron chi connectivity index (χ1n) is 7.57. The van der Waals surface area contributed by atoms with Crippen molar-refractivity contribution in [2.75, 3.05) is 5.32 Å². The fraction of sp³-hybridized carbons (Fsp3) is 0.733. The van der Waals surface area contributed by atoms with Crippen molar-refractivity contribution in [3.63, 3.8) is 0 Å². The Morgan fingerprint density at radius 1 is 1.21 bits per heavy atom. The van der Waals surface area contributed by atoms with Crippen LogP contribution >= 0.6 is 0 Å². The van der Waals surface area contributed by atoms with Crippen LogP contribution in [0.4, 0.5) is 5.82 Å². The zero-order valence-corrected chi connectivity index (χ0v) is 11.6. The van der Waals surface area contributed by atoms with E-state index in [0.717, 1.165) is 31.6 Å². The molecule has 0 bridgehead atoms. The van der Waals surface area contributed by atoms with Gasteiger partial charge in [-0.15, -0.1) is 0 Å². The van der Waals surface area contributed by atoms with Crippen LogP contribution in [0.25, 0.3) is 0 Å². The van der Waals surface area contributed by atoms with Crippen LogP contribution in [0, 0.1) is 5.92 Å². The molecule has 1 aromatic heterocycles. The van der Waals surface area contributed by atoms with Crippen molar-refractivity contribution in [3.05, 3.63) is 22.7 Å². The largest absolute Gasteiger partial charge is 0.363 e. The van der Waals surface area contributed by atoms with Crippen LogP contribution in [-0.2, 0) is 0 Å². The van der Waals surface area contributed by atoms with Crippen molar-refractivity contribution in [1.82, 2.24) is 9.55 Å². The molecule has 0 aliphatic heterocycles. The summed E-state index contributed by atoms with van der Waals surface area (Å²) in [5.74, 6) is 1.37. The smallest absolute Gasteiger partial charge is 0.293 e. The van der Waals surface area contributed by atoms with Crippen molar-refractivity contribution < 1.29 is 0 Å². The molecule has 2 saturated carbocycles. The van der Waals surface area contributed by atoms with Gasteiger partial charge < -0.3 is 9.88 Å². The summed E-state index contributed by atoms with van der Waals surface area (Å²) in [6, 6.07) is 0.838. The van der Waals surface area contributed by atoms with E-state index in [0.29, 0.717) is 17.9 Å². The maximum Gasteiger partial charge on any atom is 0.293 e. The minimum Gasteiger partial charge on any atom is -0.363 e. The summed E-state index contributed by atoms with van der Waals surface area (Å²) in [7, 11) is 0. The van der Waals surface area contributed by atoms with E-state index in [1.807, 2.05) is 10.8 Å². The number of hydrogen-bond acceptors (Lipinski definition) is 3. The molecule has 19 heavy (non-hydrogen) atoms. The quantitative estimate of drug-likeness (QED) is 0.851. The van der Waals surface area contributed by atoms with Gasteiger partial charge in [0.2, 0.25) is 0 Å². The standard InChI is InChI=1S/C15H23N3O/c1-11-3-2-4-12(6-5-11)17-14-15(19)18(10-9-16-14)13-7-8-13/h9-13H,2-8H2,1H3,(H,16,17). The molecule has 2 atom stereocenters. The van der Waals surface area contributed by atoms with Crippen LogP contribution in [0.15, 0.2) is 17.2 Å². The summed E-state index contributed by atoms with van der Waals surface area (Å²) in [6.07, 6.45) is 12.0. The molecule has 0 radical (unpaired) electrons. The second-order valence-electron chi connectivity index (χ2n) is 6.17. The number of aromatic nitrogens is 2. The third-order valence-corrected chi connectivity index (χ3v) is 4.41. The van der Waals surface area contributed by atoms with Gasteiger partial charge in [-0.25, -0.2) is 4.98 Å². The van der Waals surface area contributed by atoms with E-state index in [4.69, 9.17) is 0 Å². The van der Waals surface area contributed by atoms with E-state index >= 15 is 0 Å². The van der Waals surface area contributed by atoms with Crippen molar-refractivity contribution in [3.8, 4) is 0 Å². The molecule has 3 rings (SSSR count). The summed E-state index contributed by atoms with van der Waals surface area (Å²) >= 11 is 0. The lowest BCUT2D eigenvalue weighted by Crippen LogP contribution is -2.28. The van der Waals surface area contributed by atoms with Crippen LogP contribution in [-0.4, -0.2) is 15.6 Å². The first-order valence-corrected chi connectivity index (χ1v) is 7.57. The van der Waals surface area contributed by atoms with Gasteiger partial charge in [-0.3, -0.25) is 4.79 Å². The monoisotopic (exact) mass is 261 g/mol. The molecular formula is C15H23N3O. The number of nitrogens with one attached hydrogen (secondary N) is 1. The van der Waals surface area contributed by atoms with Crippen molar-refractivity contribution in [1.29, 1.82) is 0 Å². The van der Waals surface area contributed by atoms with Crippen molar-refractivity contribution in [2.24, 2.45) is 5.92 Å². The minimum atomic E-state index is 0.0577. The van der Waals surface area contributed by atoms with Gasteiger partial charge in [-0.05, 0) is 38.0 Å². The van der Waals surface area contributed by atoms with Crippen molar-refractivity contribution >= 4 is 5.82 Å².